The van der Waals surface area contributed by atoms with Gasteiger partial charge in [0, 0.05) is 19.0 Å². The molecule has 6 heteroatoms. The average molecular weight is 312 g/mol. The van der Waals surface area contributed by atoms with Gasteiger partial charge in [-0.15, -0.1) is 0 Å². The van der Waals surface area contributed by atoms with E-state index in [2.05, 4.69) is 33.7 Å². The normalized spacial score (nSPS) is 21.2. The SMILES string of the molecule is O=C(NC1CCc2ccccc21)N1CCC(c2ncon2)CC1. The van der Waals surface area contributed by atoms with Crippen molar-refractivity contribution in [1.29, 1.82) is 0 Å². The molecule has 2 heterocycles. The van der Waals surface area contributed by atoms with Crippen molar-refractivity contribution in [3.8, 4) is 0 Å². The van der Waals surface area contributed by atoms with Crippen molar-refractivity contribution < 1.29 is 9.32 Å². The lowest BCUT2D eigenvalue weighted by atomic mass is 9.96. The number of rotatable bonds is 2. The molecule has 1 fully saturated rings. The van der Waals surface area contributed by atoms with E-state index in [-0.39, 0.29) is 12.1 Å². The summed E-state index contributed by atoms with van der Waals surface area (Å²) in [5, 5.41) is 7.10. The van der Waals surface area contributed by atoms with E-state index in [4.69, 9.17) is 4.52 Å². The van der Waals surface area contributed by atoms with E-state index in [1.165, 1.54) is 17.5 Å². The molecule has 0 radical (unpaired) electrons. The summed E-state index contributed by atoms with van der Waals surface area (Å²) in [7, 11) is 0. The molecule has 1 unspecified atom stereocenters. The van der Waals surface area contributed by atoms with Crippen LogP contribution in [0, 0.1) is 0 Å². The summed E-state index contributed by atoms with van der Waals surface area (Å²) in [6, 6.07) is 8.56. The zero-order valence-electron chi connectivity index (χ0n) is 12.9. The number of amides is 2. The van der Waals surface area contributed by atoms with Crippen LogP contribution in [-0.4, -0.2) is 34.2 Å². The fourth-order valence-electron chi connectivity index (χ4n) is 3.65. The summed E-state index contributed by atoms with van der Waals surface area (Å²) in [6.07, 6.45) is 5.17. The number of benzene rings is 1. The minimum absolute atomic E-state index is 0.0401. The van der Waals surface area contributed by atoms with Crippen molar-refractivity contribution >= 4 is 6.03 Å². The molecule has 0 spiro atoms. The second kappa shape index (κ2) is 6.02. The van der Waals surface area contributed by atoms with Crippen LogP contribution in [0.15, 0.2) is 35.2 Å². The Morgan fingerprint density at radius 1 is 1.22 bits per heavy atom. The van der Waals surface area contributed by atoms with Gasteiger partial charge in [-0.25, -0.2) is 4.79 Å². The van der Waals surface area contributed by atoms with Crippen molar-refractivity contribution in [3.05, 3.63) is 47.6 Å². The van der Waals surface area contributed by atoms with E-state index in [1.807, 2.05) is 11.0 Å². The van der Waals surface area contributed by atoms with Crippen LogP contribution in [0.1, 0.15) is 48.2 Å². The van der Waals surface area contributed by atoms with Gasteiger partial charge >= 0.3 is 6.03 Å². The maximum Gasteiger partial charge on any atom is 0.317 e. The Labute approximate surface area is 134 Å². The molecular formula is C17H20N4O2. The second-order valence-electron chi connectivity index (χ2n) is 6.29. The Hall–Kier alpha value is -2.37. The van der Waals surface area contributed by atoms with Crippen LogP contribution in [0.25, 0.3) is 0 Å². The zero-order chi connectivity index (χ0) is 15.6. The van der Waals surface area contributed by atoms with Crippen molar-refractivity contribution in [2.75, 3.05) is 13.1 Å². The fourth-order valence-corrected chi connectivity index (χ4v) is 3.65. The molecule has 1 aromatic carbocycles. The first kappa shape index (κ1) is 14.2. The Balaban J connectivity index is 1.34. The van der Waals surface area contributed by atoms with Crippen LogP contribution in [0.3, 0.4) is 0 Å². The number of aryl methyl sites for hydroxylation is 1. The lowest BCUT2D eigenvalue weighted by molar-refractivity contribution is 0.176. The van der Waals surface area contributed by atoms with Crippen LogP contribution >= 0.6 is 0 Å². The monoisotopic (exact) mass is 312 g/mol. The van der Waals surface area contributed by atoms with Gasteiger partial charge in [0.1, 0.15) is 0 Å². The quantitative estimate of drug-likeness (QED) is 0.925. The number of aromatic nitrogens is 2. The summed E-state index contributed by atoms with van der Waals surface area (Å²) in [5.41, 5.74) is 2.62. The number of hydrogen-bond acceptors (Lipinski definition) is 4. The van der Waals surface area contributed by atoms with E-state index in [0.29, 0.717) is 5.92 Å². The van der Waals surface area contributed by atoms with E-state index < -0.39 is 0 Å². The molecule has 2 aromatic rings. The van der Waals surface area contributed by atoms with Crippen LogP contribution < -0.4 is 5.32 Å². The largest absolute Gasteiger partial charge is 0.343 e. The molecule has 0 saturated carbocycles. The molecule has 1 aromatic heterocycles. The number of piperidine rings is 1. The van der Waals surface area contributed by atoms with E-state index >= 15 is 0 Å². The third-order valence-corrected chi connectivity index (χ3v) is 4.96. The minimum Gasteiger partial charge on any atom is -0.343 e. The van der Waals surface area contributed by atoms with E-state index in [0.717, 1.165) is 44.6 Å². The number of urea groups is 1. The highest BCUT2D eigenvalue weighted by Gasteiger charge is 2.29. The van der Waals surface area contributed by atoms with Gasteiger partial charge in [-0.3, -0.25) is 0 Å². The van der Waals surface area contributed by atoms with Gasteiger partial charge in [0.25, 0.3) is 0 Å². The first-order valence-corrected chi connectivity index (χ1v) is 8.21. The number of nitrogens with one attached hydrogen (secondary N) is 1. The first-order chi connectivity index (χ1) is 11.3. The lowest BCUT2D eigenvalue weighted by Gasteiger charge is -2.31. The van der Waals surface area contributed by atoms with Crippen LogP contribution in [0.5, 0.6) is 0 Å². The maximum absolute atomic E-state index is 12.5. The Morgan fingerprint density at radius 2 is 2.04 bits per heavy atom. The Bertz CT molecular complexity index is 678. The molecule has 0 bridgehead atoms. The van der Waals surface area contributed by atoms with Gasteiger partial charge in [-0.05, 0) is 36.8 Å². The van der Waals surface area contributed by atoms with Gasteiger partial charge in [-0.1, -0.05) is 29.4 Å². The lowest BCUT2D eigenvalue weighted by Crippen LogP contribution is -2.45. The molecule has 23 heavy (non-hydrogen) atoms. The highest BCUT2D eigenvalue weighted by atomic mass is 16.5. The van der Waals surface area contributed by atoms with E-state index in [1.54, 1.807) is 0 Å². The Morgan fingerprint density at radius 3 is 2.83 bits per heavy atom. The van der Waals surface area contributed by atoms with Gasteiger partial charge in [0.2, 0.25) is 6.39 Å². The fraction of sp³-hybridized carbons (Fsp3) is 0.471. The minimum atomic E-state index is 0.0401. The predicted octanol–water partition coefficient (Wildman–Crippen LogP) is 2.65. The number of nitrogens with zero attached hydrogens (tertiary/aromatic N) is 3. The molecular weight excluding hydrogens is 292 g/mol. The summed E-state index contributed by atoms with van der Waals surface area (Å²) < 4.78 is 4.81. The summed E-state index contributed by atoms with van der Waals surface area (Å²) >= 11 is 0. The van der Waals surface area contributed by atoms with Crippen molar-refractivity contribution in [1.82, 2.24) is 20.4 Å². The second-order valence-corrected chi connectivity index (χ2v) is 6.29. The van der Waals surface area contributed by atoms with Gasteiger partial charge < -0.3 is 14.7 Å². The summed E-state index contributed by atoms with van der Waals surface area (Å²) in [6.45, 7) is 1.47. The molecule has 1 saturated heterocycles. The average Bonchev–Trinajstić information content (AvgIpc) is 3.25. The van der Waals surface area contributed by atoms with Crippen LogP contribution in [0.2, 0.25) is 0 Å². The van der Waals surface area contributed by atoms with Crippen molar-refractivity contribution in [3.63, 3.8) is 0 Å². The molecule has 1 aliphatic carbocycles. The molecule has 120 valence electrons. The van der Waals surface area contributed by atoms with Crippen molar-refractivity contribution in [2.24, 2.45) is 0 Å². The van der Waals surface area contributed by atoms with E-state index in [9.17, 15) is 4.79 Å². The zero-order valence-corrected chi connectivity index (χ0v) is 12.9. The van der Waals surface area contributed by atoms with Gasteiger partial charge in [-0.2, -0.15) is 4.98 Å². The number of hydrogen-bond donors (Lipinski definition) is 1. The summed E-state index contributed by atoms with van der Waals surface area (Å²) in [5.74, 6) is 1.06. The van der Waals surface area contributed by atoms with Crippen LogP contribution in [0.4, 0.5) is 4.79 Å². The molecule has 1 atom stereocenters. The van der Waals surface area contributed by atoms with Crippen LogP contribution in [-0.2, 0) is 6.42 Å². The molecule has 1 aliphatic heterocycles. The van der Waals surface area contributed by atoms with Gasteiger partial charge in [0.05, 0.1) is 6.04 Å². The third kappa shape index (κ3) is 2.81. The molecule has 2 aliphatic rings. The molecule has 1 N–H and O–H groups in total. The third-order valence-electron chi connectivity index (χ3n) is 4.96. The number of carbonyl (C=O) groups excluding carboxylic acids is 1. The number of likely N-dealkylation sites (tertiary alicyclic amines) is 1. The number of carbonyl (C=O) groups is 1. The van der Waals surface area contributed by atoms with Crippen molar-refractivity contribution in [2.45, 2.75) is 37.6 Å². The molecule has 2 amide bonds. The Kier molecular flexibility index (Phi) is 3.73. The predicted molar refractivity (Wildman–Crippen MR) is 83.9 cm³/mol. The number of fused-ring (bicyclic) bond motifs is 1. The smallest absolute Gasteiger partial charge is 0.317 e. The molecule has 4 rings (SSSR count). The summed E-state index contributed by atoms with van der Waals surface area (Å²) in [4.78, 5) is 18.5. The maximum atomic E-state index is 12.5. The molecule has 6 nitrogen and oxygen atoms in total. The highest BCUT2D eigenvalue weighted by Crippen LogP contribution is 2.31. The first-order valence-electron chi connectivity index (χ1n) is 8.21. The standard InChI is InChI=1S/C17H20N4O2/c22-17(19-15-6-5-12-3-1-2-4-14(12)15)21-9-7-13(8-10-21)16-18-11-23-20-16/h1-4,11,13,15H,5-10H2,(H,19,22). The van der Waals surface area contributed by atoms with Gasteiger partial charge in [0.15, 0.2) is 5.82 Å². The highest BCUT2D eigenvalue weighted by molar-refractivity contribution is 5.75. The topological polar surface area (TPSA) is 71.3 Å².